The van der Waals surface area contributed by atoms with E-state index in [1.165, 1.54) is 11.3 Å². The molecule has 0 aliphatic rings. The van der Waals surface area contributed by atoms with Gasteiger partial charge in [-0.3, -0.25) is 9.89 Å². The average molecular weight is 653 g/mol. The van der Waals surface area contributed by atoms with Crippen LogP contribution >= 0.6 is 11.3 Å². The number of nitrogens with one attached hydrogen (secondary N) is 3. The molecule has 3 aromatic heterocycles. The first-order valence-corrected chi connectivity index (χ1v) is 16.1. The molecule has 0 spiro atoms. The lowest BCUT2D eigenvalue weighted by Crippen LogP contribution is -2.28. The SMILES string of the molecule is CCOC(=O)C(C#N)C(Nc1n[nH]c(Nc2ccccc2)c1-c1nc(-c2cc3c(ccc4ccccc43)oc2=O)cs1)c1ccccc1. The Hall–Kier alpha value is -6.25. The number of hydrogen-bond donors (Lipinski definition) is 3. The highest BCUT2D eigenvalue weighted by atomic mass is 32.1. The van der Waals surface area contributed by atoms with E-state index in [2.05, 4.69) is 26.9 Å². The second-order valence-corrected chi connectivity index (χ2v) is 11.7. The molecule has 2 unspecified atom stereocenters. The molecular weight excluding hydrogens is 625 g/mol. The Labute approximate surface area is 278 Å². The maximum atomic E-state index is 13.2. The molecule has 0 radical (unpaired) electrons. The molecule has 0 amide bonds. The van der Waals surface area contributed by atoms with Crippen LogP contribution in [0.2, 0.25) is 0 Å². The van der Waals surface area contributed by atoms with Crippen molar-refractivity contribution in [1.82, 2.24) is 15.2 Å². The molecule has 0 fully saturated rings. The largest absolute Gasteiger partial charge is 0.465 e. The fraction of sp³-hybridized carbons (Fsp3) is 0.108. The number of rotatable bonds is 10. The Bertz CT molecular complexity index is 2340. The highest BCUT2D eigenvalue weighted by molar-refractivity contribution is 7.13. The molecule has 2 atom stereocenters. The van der Waals surface area contributed by atoms with E-state index in [4.69, 9.17) is 14.1 Å². The van der Waals surface area contributed by atoms with E-state index in [9.17, 15) is 14.9 Å². The van der Waals surface area contributed by atoms with Crippen molar-refractivity contribution in [3.8, 4) is 27.9 Å². The number of para-hydroxylation sites is 1. The molecule has 11 heteroatoms. The summed E-state index contributed by atoms with van der Waals surface area (Å²) < 4.78 is 11.0. The van der Waals surface area contributed by atoms with Crippen LogP contribution in [0.15, 0.2) is 118 Å². The van der Waals surface area contributed by atoms with Crippen LogP contribution in [0.3, 0.4) is 0 Å². The molecule has 7 rings (SSSR count). The van der Waals surface area contributed by atoms with Gasteiger partial charge in [-0.15, -0.1) is 11.3 Å². The van der Waals surface area contributed by atoms with Crippen LogP contribution in [0.4, 0.5) is 17.3 Å². The monoisotopic (exact) mass is 652 g/mol. The molecule has 7 aromatic rings. The Morgan fingerprint density at radius 2 is 1.75 bits per heavy atom. The van der Waals surface area contributed by atoms with Crippen LogP contribution in [-0.2, 0) is 9.53 Å². The molecule has 48 heavy (non-hydrogen) atoms. The summed E-state index contributed by atoms with van der Waals surface area (Å²) in [5.74, 6) is -0.943. The van der Waals surface area contributed by atoms with Gasteiger partial charge in [-0.25, -0.2) is 9.78 Å². The number of carbonyl (C=O) groups is 1. The topological polar surface area (TPSA) is 146 Å². The zero-order valence-electron chi connectivity index (χ0n) is 25.6. The zero-order chi connectivity index (χ0) is 33.0. The quantitative estimate of drug-likeness (QED) is 0.0758. The summed E-state index contributed by atoms with van der Waals surface area (Å²) >= 11 is 1.32. The van der Waals surface area contributed by atoms with E-state index in [0.29, 0.717) is 44.6 Å². The highest BCUT2D eigenvalue weighted by Crippen LogP contribution is 2.41. The first kappa shape index (κ1) is 30.4. The third-order valence-corrected chi connectivity index (χ3v) is 8.77. The molecule has 3 heterocycles. The van der Waals surface area contributed by atoms with Crippen molar-refractivity contribution in [1.29, 1.82) is 5.26 Å². The van der Waals surface area contributed by atoms with Crippen molar-refractivity contribution in [3.05, 3.63) is 124 Å². The van der Waals surface area contributed by atoms with Crippen molar-refractivity contribution >= 4 is 56.4 Å². The summed E-state index contributed by atoms with van der Waals surface area (Å²) in [7, 11) is 0. The van der Waals surface area contributed by atoms with E-state index in [1.54, 1.807) is 18.4 Å². The molecule has 236 valence electrons. The number of aromatic amines is 1. The number of aromatic nitrogens is 3. The second-order valence-electron chi connectivity index (χ2n) is 10.9. The van der Waals surface area contributed by atoms with Gasteiger partial charge >= 0.3 is 11.6 Å². The van der Waals surface area contributed by atoms with Crippen LogP contribution < -0.4 is 16.3 Å². The number of nitriles is 1. The first-order valence-electron chi connectivity index (χ1n) is 15.2. The number of fused-ring (bicyclic) bond motifs is 3. The number of carbonyl (C=O) groups excluding carboxylic acids is 1. The molecule has 4 aromatic carbocycles. The summed E-state index contributed by atoms with van der Waals surface area (Å²) in [4.78, 5) is 31.1. The number of ether oxygens (including phenoxy) is 1. The lowest BCUT2D eigenvalue weighted by molar-refractivity contribution is -0.146. The number of nitrogens with zero attached hydrogens (tertiary/aromatic N) is 3. The lowest BCUT2D eigenvalue weighted by atomic mass is 9.94. The molecule has 0 aliphatic heterocycles. The summed E-state index contributed by atoms with van der Waals surface area (Å²) in [5, 5.41) is 29.6. The van der Waals surface area contributed by atoms with Crippen LogP contribution in [0.1, 0.15) is 18.5 Å². The molecule has 3 N–H and O–H groups in total. The van der Waals surface area contributed by atoms with E-state index in [0.717, 1.165) is 21.8 Å². The minimum absolute atomic E-state index is 0.137. The van der Waals surface area contributed by atoms with Gasteiger partial charge in [-0.2, -0.15) is 10.4 Å². The number of esters is 1. The Morgan fingerprint density at radius 3 is 2.52 bits per heavy atom. The number of benzene rings is 4. The zero-order valence-corrected chi connectivity index (χ0v) is 26.5. The Kier molecular flexibility index (Phi) is 8.38. The third-order valence-electron chi connectivity index (χ3n) is 7.91. The third kappa shape index (κ3) is 5.88. The van der Waals surface area contributed by atoms with Crippen molar-refractivity contribution in [2.45, 2.75) is 13.0 Å². The van der Waals surface area contributed by atoms with Gasteiger partial charge in [0.2, 0.25) is 0 Å². The lowest BCUT2D eigenvalue weighted by Gasteiger charge is -2.23. The number of thiazole rings is 1. The van der Waals surface area contributed by atoms with E-state index < -0.39 is 23.6 Å². The molecule has 0 saturated carbocycles. The molecular formula is C37H28N6O4S. The van der Waals surface area contributed by atoms with E-state index in [1.807, 2.05) is 97.1 Å². The fourth-order valence-electron chi connectivity index (χ4n) is 5.64. The van der Waals surface area contributed by atoms with Gasteiger partial charge in [0.25, 0.3) is 0 Å². The number of anilines is 3. The van der Waals surface area contributed by atoms with Gasteiger partial charge in [0.15, 0.2) is 11.7 Å². The second kappa shape index (κ2) is 13.2. The van der Waals surface area contributed by atoms with Crippen molar-refractivity contribution < 1.29 is 13.9 Å². The smallest absolute Gasteiger partial charge is 0.345 e. The summed E-state index contributed by atoms with van der Waals surface area (Å²) in [6.07, 6.45) is 0. The first-order chi connectivity index (χ1) is 23.5. The summed E-state index contributed by atoms with van der Waals surface area (Å²) in [6.45, 7) is 1.83. The minimum atomic E-state index is -1.17. The van der Waals surface area contributed by atoms with Crippen LogP contribution in [0, 0.1) is 17.2 Å². The fourth-order valence-corrected chi connectivity index (χ4v) is 6.51. The van der Waals surface area contributed by atoms with Crippen molar-refractivity contribution in [3.63, 3.8) is 0 Å². The maximum absolute atomic E-state index is 13.2. The Balaban J connectivity index is 1.34. The van der Waals surface area contributed by atoms with E-state index in [-0.39, 0.29) is 6.61 Å². The van der Waals surface area contributed by atoms with Crippen LogP contribution in [0.5, 0.6) is 0 Å². The van der Waals surface area contributed by atoms with Crippen molar-refractivity contribution in [2.24, 2.45) is 5.92 Å². The van der Waals surface area contributed by atoms with Gasteiger partial charge in [0, 0.05) is 16.5 Å². The average Bonchev–Trinajstić information content (AvgIpc) is 3.75. The molecule has 0 aliphatic carbocycles. The van der Waals surface area contributed by atoms with Gasteiger partial charge in [0.1, 0.15) is 16.4 Å². The van der Waals surface area contributed by atoms with Gasteiger partial charge in [0.05, 0.1) is 35.5 Å². The number of hydrogen-bond acceptors (Lipinski definition) is 10. The standard InChI is InChI=1S/C37H28N6O4S/c1-2-46-36(44)28(20-38)32(23-12-5-3-6-13-23)41-34-31(33(42-43-34)39-24-14-7-4-8-15-24)35-40-29(21-48-35)27-19-26-25-16-10-9-11-22(25)17-18-30(26)47-37(27)45/h3-19,21,28,32H,2H2,1H3,(H3,39,41,42,43). The number of H-pyrrole nitrogens is 1. The summed E-state index contributed by atoms with van der Waals surface area (Å²) in [6, 6.07) is 33.5. The van der Waals surface area contributed by atoms with Crippen LogP contribution in [0.25, 0.3) is 43.6 Å². The maximum Gasteiger partial charge on any atom is 0.345 e. The molecule has 10 nitrogen and oxygen atoms in total. The van der Waals surface area contributed by atoms with Gasteiger partial charge < -0.3 is 19.8 Å². The van der Waals surface area contributed by atoms with Crippen molar-refractivity contribution in [2.75, 3.05) is 17.2 Å². The Morgan fingerprint density at radius 1 is 1.00 bits per heavy atom. The van der Waals surface area contributed by atoms with Crippen LogP contribution in [-0.4, -0.2) is 27.8 Å². The molecule has 0 saturated heterocycles. The predicted molar refractivity (Wildman–Crippen MR) is 187 cm³/mol. The minimum Gasteiger partial charge on any atom is -0.465 e. The van der Waals surface area contributed by atoms with E-state index >= 15 is 0 Å². The highest BCUT2D eigenvalue weighted by Gasteiger charge is 2.33. The molecule has 0 bridgehead atoms. The van der Waals surface area contributed by atoms with Gasteiger partial charge in [-0.05, 0) is 47.5 Å². The summed E-state index contributed by atoms with van der Waals surface area (Å²) in [5.41, 5.74) is 2.82. The van der Waals surface area contributed by atoms with Gasteiger partial charge in [-0.1, -0.05) is 78.9 Å². The normalized spacial score (nSPS) is 12.3. The predicted octanol–water partition coefficient (Wildman–Crippen LogP) is 8.06.